The lowest BCUT2D eigenvalue weighted by molar-refractivity contribution is -0.140. The molecule has 190 valence electrons. The lowest BCUT2D eigenvalue weighted by atomic mass is 10.1. The molecule has 10 heteroatoms. The first-order chi connectivity index (χ1) is 16.7. The Bertz CT molecular complexity index is 1170. The van der Waals surface area contributed by atoms with Crippen LogP contribution in [0.2, 0.25) is 0 Å². The molecule has 2 amide bonds. The van der Waals surface area contributed by atoms with Crippen LogP contribution >= 0.6 is 0 Å². The van der Waals surface area contributed by atoms with Crippen LogP contribution in [0.3, 0.4) is 0 Å². The number of sulfonamides is 1. The topological polar surface area (TPSA) is 105 Å². The van der Waals surface area contributed by atoms with Gasteiger partial charge in [0.15, 0.2) is 11.5 Å². The van der Waals surface area contributed by atoms with E-state index in [0.717, 1.165) is 15.4 Å². The SMILES string of the molecule is CC[C@H](C(=O)NC)N(Cc1cccc(C)c1)C(=O)CN(c1ccc2c(c1)OCCO2)S(=O)(=O)CC. The second-order valence-corrected chi connectivity index (χ2v) is 10.5. The van der Waals surface area contributed by atoms with E-state index in [4.69, 9.17) is 9.47 Å². The maximum atomic E-state index is 13.7. The molecule has 1 N–H and O–H groups in total. The number of rotatable bonds is 10. The molecule has 0 radical (unpaired) electrons. The Balaban J connectivity index is 1.98. The Labute approximate surface area is 207 Å². The predicted molar refractivity (Wildman–Crippen MR) is 134 cm³/mol. The number of anilines is 1. The number of carbonyl (C=O) groups is 2. The molecule has 0 aromatic heterocycles. The fourth-order valence-electron chi connectivity index (χ4n) is 4.00. The van der Waals surface area contributed by atoms with Gasteiger partial charge in [0.2, 0.25) is 21.8 Å². The molecule has 0 aliphatic carbocycles. The summed E-state index contributed by atoms with van der Waals surface area (Å²) in [6, 6.07) is 11.7. The van der Waals surface area contributed by atoms with Crippen LogP contribution in [0, 0.1) is 6.92 Å². The molecule has 0 saturated carbocycles. The van der Waals surface area contributed by atoms with Crippen LogP contribution < -0.4 is 19.1 Å². The van der Waals surface area contributed by atoms with Gasteiger partial charge in [0.1, 0.15) is 25.8 Å². The van der Waals surface area contributed by atoms with Crippen molar-refractivity contribution in [2.75, 3.05) is 36.9 Å². The Hall–Kier alpha value is -3.27. The number of hydrogen-bond acceptors (Lipinski definition) is 6. The summed E-state index contributed by atoms with van der Waals surface area (Å²) in [6.07, 6.45) is 0.377. The first kappa shape index (κ1) is 26.3. The summed E-state index contributed by atoms with van der Waals surface area (Å²) in [5.74, 6) is -0.0383. The number of aryl methyl sites for hydroxylation is 1. The van der Waals surface area contributed by atoms with Crippen molar-refractivity contribution in [3.63, 3.8) is 0 Å². The Morgan fingerprint density at radius 3 is 2.40 bits per heavy atom. The lowest BCUT2D eigenvalue weighted by Crippen LogP contribution is -2.52. The standard InChI is InChI=1S/C25H33N3O6S/c1-5-21(25(30)26-4)27(16-19-9-7-8-18(3)14-19)24(29)17-28(35(31,32)6-2)20-10-11-22-23(15-20)34-13-12-33-22/h7-11,14-15,21H,5-6,12-13,16-17H2,1-4H3,(H,26,30)/t21-/m1/s1. The van der Waals surface area contributed by atoms with Crippen molar-refractivity contribution in [2.24, 2.45) is 0 Å². The Kier molecular flexibility index (Phi) is 8.61. The van der Waals surface area contributed by atoms with Crippen LogP contribution in [-0.2, 0) is 26.2 Å². The quantitative estimate of drug-likeness (QED) is 0.534. The first-order valence-corrected chi connectivity index (χ1v) is 13.3. The van der Waals surface area contributed by atoms with E-state index in [1.807, 2.05) is 38.1 Å². The number of ether oxygens (including phenoxy) is 2. The van der Waals surface area contributed by atoms with Crippen LogP contribution in [0.25, 0.3) is 0 Å². The molecule has 35 heavy (non-hydrogen) atoms. The average molecular weight is 504 g/mol. The molecule has 3 rings (SSSR count). The van der Waals surface area contributed by atoms with Gasteiger partial charge in [-0.1, -0.05) is 36.8 Å². The van der Waals surface area contributed by atoms with Crippen LogP contribution in [0.15, 0.2) is 42.5 Å². The minimum atomic E-state index is -3.82. The largest absolute Gasteiger partial charge is 0.486 e. The summed E-state index contributed by atoms with van der Waals surface area (Å²) in [5.41, 5.74) is 2.17. The van der Waals surface area contributed by atoms with Crippen molar-refractivity contribution >= 4 is 27.5 Å². The smallest absolute Gasteiger partial charge is 0.244 e. The third-order valence-corrected chi connectivity index (χ3v) is 7.60. The molecule has 0 unspecified atom stereocenters. The van der Waals surface area contributed by atoms with Crippen LogP contribution in [0.5, 0.6) is 11.5 Å². The average Bonchev–Trinajstić information content (AvgIpc) is 2.86. The van der Waals surface area contributed by atoms with E-state index >= 15 is 0 Å². The van der Waals surface area contributed by atoms with Gasteiger partial charge in [-0.3, -0.25) is 13.9 Å². The van der Waals surface area contributed by atoms with Gasteiger partial charge in [0.25, 0.3) is 0 Å². The Morgan fingerprint density at radius 1 is 1.06 bits per heavy atom. The molecule has 2 aromatic carbocycles. The van der Waals surface area contributed by atoms with Crippen molar-refractivity contribution in [1.82, 2.24) is 10.2 Å². The number of nitrogens with one attached hydrogen (secondary N) is 1. The highest BCUT2D eigenvalue weighted by Gasteiger charge is 2.32. The molecule has 1 aliphatic heterocycles. The first-order valence-electron chi connectivity index (χ1n) is 11.7. The van der Waals surface area contributed by atoms with Crippen molar-refractivity contribution in [1.29, 1.82) is 0 Å². The molecular weight excluding hydrogens is 470 g/mol. The highest BCUT2D eigenvalue weighted by molar-refractivity contribution is 7.92. The summed E-state index contributed by atoms with van der Waals surface area (Å²) >= 11 is 0. The third kappa shape index (κ3) is 6.25. The van der Waals surface area contributed by atoms with Gasteiger partial charge >= 0.3 is 0 Å². The fraction of sp³-hybridized carbons (Fsp3) is 0.440. The monoisotopic (exact) mass is 503 g/mol. The molecule has 2 aromatic rings. The van der Waals surface area contributed by atoms with Crippen molar-refractivity contribution in [2.45, 2.75) is 39.8 Å². The fourth-order valence-corrected chi connectivity index (χ4v) is 5.05. The van der Waals surface area contributed by atoms with E-state index in [9.17, 15) is 18.0 Å². The molecule has 0 bridgehead atoms. The summed E-state index contributed by atoms with van der Waals surface area (Å²) in [5, 5.41) is 2.61. The summed E-state index contributed by atoms with van der Waals surface area (Å²) < 4.78 is 38.3. The van der Waals surface area contributed by atoms with Gasteiger partial charge in [-0.15, -0.1) is 0 Å². The maximum Gasteiger partial charge on any atom is 0.244 e. The zero-order valence-electron chi connectivity index (χ0n) is 20.6. The second kappa shape index (κ2) is 11.4. The summed E-state index contributed by atoms with van der Waals surface area (Å²) in [6.45, 7) is 5.77. The zero-order valence-corrected chi connectivity index (χ0v) is 21.4. The molecule has 1 heterocycles. The number of nitrogens with zero attached hydrogens (tertiary/aromatic N) is 2. The van der Waals surface area contributed by atoms with E-state index < -0.39 is 28.5 Å². The van der Waals surface area contributed by atoms with E-state index in [-0.39, 0.29) is 18.2 Å². The number of hydrogen-bond donors (Lipinski definition) is 1. The molecule has 1 aliphatic rings. The van der Waals surface area contributed by atoms with E-state index in [2.05, 4.69) is 5.32 Å². The number of amides is 2. The maximum absolute atomic E-state index is 13.7. The number of fused-ring (bicyclic) bond motifs is 1. The number of likely N-dealkylation sites (N-methyl/N-ethyl adjacent to an activating group) is 1. The van der Waals surface area contributed by atoms with Gasteiger partial charge in [0, 0.05) is 19.7 Å². The summed E-state index contributed by atoms with van der Waals surface area (Å²) in [7, 11) is -2.30. The Morgan fingerprint density at radius 2 is 1.77 bits per heavy atom. The minimum Gasteiger partial charge on any atom is -0.486 e. The lowest BCUT2D eigenvalue weighted by Gasteiger charge is -2.33. The molecule has 9 nitrogen and oxygen atoms in total. The predicted octanol–water partition coefficient (Wildman–Crippen LogP) is 2.48. The van der Waals surface area contributed by atoms with Gasteiger partial charge in [-0.25, -0.2) is 8.42 Å². The van der Waals surface area contributed by atoms with E-state index in [1.165, 1.54) is 18.9 Å². The van der Waals surface area contributed by atoms with Crippen LogP contribution in [-0.4, -0.2) is 63.7 Å². The third-order valence-electron chi connectivity index (χ3n) is 5.86. The molecule has 0 saturated heterocycles. The second-order valence-electron chi connectivity index (χ2n) is 8.28. The van der Waals surface area contributed by atoms with Crippen molar-refractivity contribution in [3.8, 4) is 11.5 Å². The highest BCUT2D eigenvalue weighted by atomic mass is 32.2. The molecule has 1 atom stereocenters. The van der Waals surface area contributed by atoms with Gasteiger partial charge in [0.05, 0.1) is 11.4 Å². The minimum absolute atomic E-state index is 0.174. The van der Waals surface area contributed by atoms with Crippen molar-refractivity contribution < 1.29 is 27.5 Å². The zero-order chi connectivity index (χ0) is 25.6. The van der Waals surface area contributed by atoms with Crippen molar-refractivity contribution in [3.05, 3.63) is 53.6 Å². The number of carbonyl (C=O) groups excluding carboxylic acids is 2. The van der Waals surface area contributed by atoms with E-state index in [0.29, 0.717) is 36.8 Å². The van der Waals surface area contributed by atoms with Gasteiger partial charge < -0.3 is 19.7 Å². The molecule has 0 spiro atoms. The van der Waals surface area contributed by atoms with Crippen LogP contribution in [0.1, 0.15) is 31.4 Å². The highest BCUT2D eigenvalue weighted by Crippen LogP contribution is 2.35. The van der Waals surface area contributed by atoms with Gasteiger partial charge in [-0.05, 0) is 38.0 Å². The van der Waals surface area contributed by atoms with E-state index in [1.54, 1.807) is 18.2 Å². The van der Waals surface area contributed by atoms with Crippen LogP contribution in [0.4, 0.5) is 5.69 Å². The molecular formula is C25H33N3O6S. The normalized spacial score (nSPS) is 13.6. The summed E-state index contributed by atoms with van der Waals surface area (Å²) in [4.78, 5) is 27.8. The van der Waals surface area contributed by atoms with Gasteiger partial charge in [-0.2, -0.15) is 0 Å². The number of benzene rings is 2. The molecule has 0 fully saturated rings.